The van der Waals surface area contributed by atoms with Crippen molar-refractivity contribution in [2.24, 2.45) is 0 Å². The van der Waals surface area contributed by atoms with Crippen molar-refractivity contribution in [3.05, 3.63) is 47.3 Å². The van der Waals surface area contributed by atoms with Gasteiger partial charge in [0.05, 0.1) is 29.6 Å². The molecule has 1 aromatic heterocycles. The summed E-state index contributed by atoms with van der Waals surface area (Å²) in [6.45, 7) is 8.65. The van der Waals surface area contributed by atoms with E-state index in [1.807, 2.05) is 62.7 Å². The van der Waals surface area contributed by atoms with Crippen LogP contribution >= 0.6 is 0 Å². The van der Waals surface area contributed by atoms with Crippen LogP contribution in [0.5, 0.6) is 0 Å². The highest BCUT2D eigenvalue weighted by atomic mass is 16.5. The number of hydrogen-bond donors (Lipinski definition) is 1. The van der Waals surface area contributed by atoms with Crippen molar-refractivity contribution < 1.29 is 9.53 Å². The SMILES string of the molecule is Cc1cc(C)n(-c2ccc(C(=O)NC3COC(C)(C)C3)cc2)n1. The molecule has 1 saturated heterocycles. The summed E-state index contributed by atoms with van der Waals surface area (Å²) in [5.74, 6) is -0.0591. The molecule has 1 fully saturated rings. The molecule has 2 aromatic rings. The van der Waals surface area contributed by atoms with Crippen LogP contribution in [0.15, 0.2) is 30.3 Å². The topological polar surface area (TPSA) is 56.2 Å². The van der Waals surface area contributed by atoms with E-state index in [9.17, 15) is 4.79 Å². The third kappa shape index (κ3) is 3.45. The Morgan fingerprint density at radius 1 is 1.30 bits per heavy atom. The largest absolute Gasteiger partial charge is 0.373 e. The number of benzene rings is 1. The predicted octanol–water partition coefficient (Wildman–Crippen LogP) is 2.79. The first-order chi connectivity index (χ1) is 10.8. The van der Waals surface area contributed by atoms with E-state index < -0.39 is 0 Å². The molecule has 0 saturated carbocycles. The van der Waals surface area contributed by atoms with Crippen LogP contribution in [0, 0.1) is 13.8 Å². The van der Waals surface area contributed by atoms with Crippen LogP contribution in [-0.4, -0.2) is 33.9 Å². The van der Waals surface area contributed by atoms with E-state index in [0.29, 0.717) is 12.2 Å². The zero-order valence-corrected chi connectivity index (χ0v) is 14.1. The van der Waals surface area contributed by atoms with Crippen LogP contribution in [0.2, 0.25) is 0 Å². The van der Waals surface area contributed by atoms with Crippen LogP contribution in [0.25, 0.3) is 5.69 Å². The molecule has 5 nitrogen and oxygen atoms in total. The molecule has 2 heterocycles. The van der Waals surface area contributed by atoms with Gasteiger partial charge in [-0.3, -0.25) is 4.79 Å². The maximum Gasteiger partial charge on any atom is 0.251 e. The summed E-state index contributed by atoms with van der Waals surface area (Å²) >= 11 is 0. The van der Waals surface area contributed by atoms with Gasteiger partial charge in [-0.15, -0.1) is 0 Å². The molecule has 1 atom stereocenters. The number of ether oxygens (including phenoxy) is 1. The number of aromatic nitrogens is 2. The van der Waals surface area contributed by atoms with Crippen LogP contribution in [0.4, 0.5) is 0 Å². The molecule has 1 amide bonds. The van der Waals surface area contributed by atoms with Gasteiger partial charge in [-0.05, 0) is 64.4 Å². The maximum absolute atomic E-state index is 12.3. The number of aryl methyl sites for hydroxylation is 2. The van der Waals surface area contributed by atoms with E-state index >= 15 is 0 Å². The molecule has 1 unspecified atom stereocenters. The molecule has 1 aliphatic heterocycles. The summed E-state index contributed by atoms with van der Waals surface area (Å²) in [4.78, 5) is 12.3. The predicted molar refractivity (Wildman–Crippen MR) is 88.9 cm³/mol. The molecule has 23 heavy (non-hydrogen) atoms. The van der Waals surface area contributed by atoms with Gasteiger partial charge in [0.15, 0.2) is 0 Å². The molecular formula is C18H23N3O2. The standard InChI is InChI=1S/C18H23N3O2/c1-12-9-13(2)21(20-12)16-7-5-14(6-8-16)17(22)19-15-10-18(3,4)23-11-15/h5-9,15H,10-11H2,1-4H3,(H,19,22). The van der Waals surface area contributed by atoms with Crippen LogP contribution < -0.4 is 5.32 Å². The molecule has 1 N–H and O–H groups in total. The first-order valence-corrected chi connectivity index (χ1v) is 7.93. The van der Waals surface area contributed by atoms with Gasteiger partial charge in [-0.1, -0.05) is 0 Å². The lowest BCUT2D eigenvalue weighted by molar-refractivity contribution is 0.0355. The Hall–Kier alpha value is -2.14. The first kappa shape index (κ1) is 15.7. The summed E-state index contributed by atoms with van der Waals surface area (Å²) in [6, 6.07) is 9.62. The Bertz CT molecular complexity index is 716. The first-order valence-electron chi connectivity index (χ1n) is 7.93. The number of amides is 1. The van der Waals surface area contributed by atoms with Gasteiger partial charge in [0, 0.05) is 11.3 Å². The minimum absolute atomic E-state index is 0.0591. The van der Waals surface area contributed by atoms with E-state index in [1.54, 1.807) is 0 Å². The van der Waals surface area contributed by atoms with Crippen LogP contribution in [-0.2, 0) is 4.74 Å². The number of carbonyl (C=O) groups excluding carboxylic acids is 1. The second-order valence-electron chi connectivity index (χ2n) is 6.83. The van der Waals surface area contributed by atoms with Crippen molar-refractivity contribution in [2.45, 2.75) is 45.8 Å². The lowest BCUT2D eigenvalue weighted by Crippen LogP contribution is -2.35. The average molecular weight is 313 g/mol. The maximum atomic E-state index is 12.3. The van der Waals surface area contributed by atoms with E-state index in [0.717, 1.165) is 23.5 Å². The molecule has 3 rings (SSSR count). The van der Waals surface area contributed by atoms with Gasteiger partial charge in [0.2, 0.25) is 0 Å². The smallest absolute Gasteiger partial charge is 0.251 e. The highest BCUT2D eigenvalue weighted by Crippen LogP contribution is 2.24. The fourth-order valence-electron chi connectivity index (χ4n) is 3.04. The minimum Gasteiger partial charge on any atom is -0.373 e. The molecule has 0 bridgehead atoms. The van der Waals surface area contributed by atoms with Gasteiger partial charge in [0.1, 0.15) is 0 Å². The second kappa shape index (κ2) is 5.81. The normalized spacial score (nSPS) is 19.7. The average Bonchev–Trinajstić information content (AvgIpc) is 3.00. The van der Waals surface area contributed by atoms with E-state index in [-0.39, 0.29) is 17.6 Å². The number of rotatable bonds is 3. The number of nitrogens with zero attached hydrogens (tertiary/aromatic N) is 2. The van der Waals surface area contributed by atoms with Crippen LogP contribution in [0.3, 0.4) is 0 Å². The monoisotopic (exact) mass is 313 g/mol. The minimum atomic E-state index is -0.155. The van der Waals surface area contributed by atoms with Gasteiger partial charge in [-0.25, -0.2) is 4.68 Å². The fraction of sp³-hybridized carbons (Fsp3) is 0.444. The van der Waals surface area contributed by atoms with Crippen molar-refractivity contribution in [1.29, 1.82) is 0 Å². The van der Waals surface area contributed by atoms with E-state index in [2.05, 4.69) is 10.4 Å². The van der Waals surface area contributed by atoms with Gasteiger partial charge >= 0.3 is 0 Å². The molecule has 1 aromatic carbocycles. The summed E-state index contributed by atoms with van der Waals surface area (Å²) < 4.78 is 7.54. The third-order valence-electron chi connectivity index (χ3n) is 4.13. The van der Waals surface area contributed by atoms with Crippen LogP contribution in [0.1, 0.15) is 42.0 Å². The quantitative estimate of drug-likeness (QED) is 0.948. The molecule has 1 aliphatic rings. The van der Waals surface area contributed by atoms with E-state index in [1.165, 1.54) is 0 Å². The number of nitrogens with one attached hydrogen (secondary N) is 1. The summed E-state index contributed by atoms with van der Waals surface area (Å²) in [6.07, 6.45) is 0.836. The molecule has 0 aliphatic carbocycles. The van der Waals surface area contributed by atoms with Crippen molar-refractivity contribution >= 4 is 5.91 Å². The summed E-state index contributed by atoms with van der Waals surface area (Å²) in [5.41, 5.74) is 3.51. The number of hydrogen-bond acceptors (Lipinski definition) is 3. The van der Waals surface area contributed by atoms with Gasteiger partial charge in [0.25, 0.3) is 5.91 Å². The molecule has 122 valence electrons. The van der Waals surface area contributed by atoms with E-state index in [4.69, 9.17) is 4.74 Å². The molecule has 5 heteroatoms. The van der Waals surface area contributed by atoms with Crippen molar-refractivity contribution in [3.8, 4) is 5.69 Å². The van der Waals surface area contributed by atoms with Gasteiger partial charge < -0.3 is 10.1 Å². The summed E-state index contributed by atoms with van der Waals surface area (Å²) in [5, 5.41) is 7.49. The molecule has 0 spiro atoms. The van der Waals surface area contributed by atoms with Gasteiger partial charge in [-0.2, -0.15) is 5.10 Å². The molecule has 0 radical (unpaired) electrons. The zero-order valence-electron chi connectivity index (χ0n) is 14.1. The van der Waals surface area contributed by atoms with Crippen molar-refractivity contribution in [2.75, 3.05) is 6.61 Å². The zero-order chi connectivity index (χ0) is 16.6. The molecular weight excluding hydrogens is 290 g/mol. The summed E-state index contributed by atoms with van der Waals surface area (Å²) in [7, 11) is 0. The Morgan fingerprint density at radius 2 is 2.00 bits per heavy atom. The fourth-order valence-corrected chi connectivity index (χ4v) is 3.04. The lowest BCUT2D eigenvalue weighted by Gasteiger charge is -2.16. The Morgan fingerprint density at radius 3 is 2.52 bits per heavy atom. The van der Waals surface area contributed by atoms with Crippen molar-refractivity contribution in [1.82, 2.24) is 15.1 Å². The lowest BCUT2D eigenvalue weighted by atomic mass is 10.0. The Labute approximate surface area is 136 Å². The highest BCUT2D eigenvalue weighted by molar-refractivity contribution is 5.94. The second-order valence-corrected chi connectivity index (χ2v) is 6.83. The third-order valence-corrected chi connectivity index (χ3v) is 4.13. The Kier molecular flexibility index (Phi) is 3.98. The van der Waals surface area contributed by atoms with Crippen molar-refractivity contribution in [3.63, 3.8) is 0 Å². The number of carbonyl (C=O) groups is 1. The Balaban J connectivity index is 1.70. The highest BCUT2D eigenvalue weighted by Gasteiger charge is 2.32.